The molecule has 2 atom stereocenters. The predicted molar refractivity (Wildman–Crippen MR) is 151 cm³/mol. The van der Waals surface area contributed by atoms with Crippen molar-refractivity contribution in [1.82, 2.24) is 0 Å². The smallest absolute Gasteiger partial charge is 0.0799 e. The zero-order chi connectivity index (χ0) is 22.0. The van der Waals surface area contributed by atoms with Crippen molar-refractivity contribution in [2.24, 2.45) is 0 Å². The van der Waals surface area contributed by atoms with E-state index < -0.39 is 16.1 Å². The van der Waals surface area contributed by atoms with E-state index in [9.17, 15) is 0 Å². The molecule has 0 fully saturated rings. The van der Waals surface area contributed by atoms with Gasteiger partial charge in [0, 0.05) is 20.4 Å². The first-order chi connectivity index (χ1) is 14.7. The molecule has 2 aliphatic rings. The van der Waals surface area contributed by atoms with Gasteiger partial charge in [0.15, 0.2) is 0 Å². The molecule has 0 bridgehead atoms. The molecule has 2 aliphatic heterocycles. The summed E-state index contributed by atoms with van der Waals surface area (Å²) in [6.07, 6.45) is 0. The van der Waals surface area contributed by atoms with Gasteiger partial charge >= 0.3 is 0 Å². The summed E-state index contributed by atoms with van der Waals surface area (Å²) in [5, 5.41) is 6.49. The van der Waals surface area contributed by atoms with E-state index in [0.29, 0.717) is 0 Å². The summed E-state index contributed by atoms with van der Waals surface area (Å²) in [5.74, 6) is 0. The lowest BCUT2D eigenvalue weighted by atomic mass is 10.4. The van der Waals surface area contributed by atoms with Crippen molar-refractivity contribution in [2.45, 2.75) is 39.3 Å². The predicted octanol–water partition coefficient (Wildman–Crippen LogP) is 8.48. The number of thiophene rings is 1. The maximum absolute atomic E-state index is 2.52. The molecule has 3 heterocycles. The molecular formula is C26H30P2SSi2. The van der Waals surface area contributed by atoms with Crippen molar-refractivity contribution in [2.75, 3.05) is 0 Å². The molecule has 1 aromatic heterocycles. The third-order valence-corrected chi connectivity index (χ3v) is 20.7. The van der Waals surface area contributed by atoms with Gasteiger partial charge in [-0.1, -0.05) is 99.9 Å². The summed E-state index contributed by atoms with van der Waals surface area (Å²) in [5.41, 5.74) is 0. The molecule has 0 N–H and O–H groups in total. The molecule has 0 saturated heterocycles. The van der Waals surface area contributed by atoms with Crippen LogP contribution in [0.2, 0.25) is 39.3 Å². The summed E-state index contributed by atoms with van der Waals surface area (Å²) in [6, 6.07) is 27.3. The van der Waals surface area contributed by atoms with Crippen LogP contribution >= 0.6 is 27.2 Å². The van der Waals surface area contributed by atoms with Gasteiger partial charge in [0.1, 0.15) is 0 Å². The summed E-state index contributed by atoms with van der Waals surface area (Å²) in [4.78, 5) is 6.73. The van der Waals surface area contributed by atoms with E-state index in [1.54, 1.807) is 31.0 Å². The second kappa shape index (κ2) is 7.75. The van der Waals surface area contributed by atoms with Gasteiger partial charge in [-0.2, -0.15) is 0 Å². The van der Waals surface area contributed by atoms with Crippen LogP contribution in [-0.4, -0.2) is 16.1 Å². The lowest BCUT2D eigenvalue weighted by molar-refractivity contribution is 1.76. The lowest BCUT2D eigenvalue weighted by Crippen LogP contribution is -2.18. The molecule has 5 rings (SSSR count). The Balaban J connectivity index is 1.51. The molecule has 0 amide bonds. The second-order valence-electron chi connectivity index (χ2n) is 10.4. The normalized spacial score (nSPS) is 21.0. The van der Waals surface area contributed by atoms with E-state index in [2.05, 4.69) is 123 Å². The van der Waals surface area contributed by atoms with Crippen LogP contribution in [0, 0.1) is 0 Å². The van der Waals surface area contributed by atoms with E-state index in [1.165, 1.54) is 0 Å². The van der Waals surface area contributed by atoms with E-state index in [-0.39, 0.29) is 15.8 Å². The van der Waals surface area contributed by atoms with Crippen LogP contribution in [-0.2, 0) is 0 Å². The Bertz CT molecular complexity index is 1100. The highest BCUT2D eigenvalue weighted by molar-refractivity contribution is 7.92. The van der Waals surface area contributed by atoms with Gasteiger partial charge in [0.2, 0.25) is 0 Å². The van der Waals surface area contributed by atoms with Crippen molar-refractivity contribution in [3.8, 4) is 0 Å². The molecule has 158 valence electrons. The molecule has 3 aromatic rings. The molecule has 0 spiro atoms. The van der Waals surface area contributed by atoms with Crippen LogP contribution in [0.1, 0.15) is 9.75 Å². The zero-order valence-corrected chi connectivity index (χ0v) is 23.8. The van der Waals surface area contributed by atoms with Gasteiger partial charge < -0.3 is 0 Å². The number of hydrogen-bond acceptors (Lipinski definition) is 1. The summed E-state index contributed by atoms with van der Waals surface area (Å²) >= 11 is 2.07. The Labute approximate surface area is 195 Å². The largest absolute Gasteiger partial charge is 0.135 e. The fraction of sp³-hybridized carbons (Fsp3) is 0.231. The maximum Gasteiger partial charge on any atom is 0.0799 e. The van der Waals surface area contributed by atoms with E-state index in [1.807, 2.05) is 9.87 Å². The first-order valence-electron chi connectivity index (χ1n) is 11.0. The SMILES string of the molecule is C[Si](C)(C)C1=C(c2ccc(C3=C([Si](C)(C)C)P3c3ccccc3)s2)P1c1ccccc1. The van der Waals surface area contributed by atoms with Gasteiger partial charge in [-0.05, 0) is 48.5 Å². The number of hydrogen-bond donors (Lipinski definition) is 0. The van der Waals surface area contributed by atoms with Crippen LogP contribution in [0.5, 0.6) is 0 Å². The van der Waals surface area contributed by atoms with Crippen LogP contribution < -0.4 is 10.6 Å². The Morgan fingerprint density at radius 2 is 0.871 bits per heavy atom. The summed E-state index contributed by atoms with van der Waals surface area (Å²) in [7, 11) is -3.04. The first kappa shape index (κ1) is 21.7. The highest BCUT2D eigenvalue weighted by Gasteiger charge is 2.48. The minimum Gasteiger partial charge on any atom is -0.135 e. The minimum absolute atomic E-state index is 0.207. The van der Waals surface area contributed by atoms with E-state index in [0.717, 1.165) is 0 Å². The summed E-state index contributed by atoms with van der Waals surface area (Å²) < 4.78 is 0. The fourth-order valence-corrected chi connectivity index (χ4v) is 21.1. The molecular weight excluding hydrogens is 462 g/mol. The number of benzene rings is 2. The standard InChI is InChI=1S/C26H30P2SSi2/c1-30(2,3)25-23(27(25)19-13-9-7-10-14-19)21-17-18-22(29-21)24-26(31(4,5)6)28(24)20-15-11-8-12-16-20/h7-18H,1-6H3. The fourth-order valence-electron chi connectivity index (χ4n) is 4.43. The van der Waals surface area contributed by atoms with Crippen molar-refractivity contribution in [1.29, 1.82) is 0 Å². The van der Waals surface area contributed by atoms with Crippen molar-refractivity contribution >= 4 is 64.6 Å². The topological polar surface area (TPSA) is 0 Å². The zero-order valence-electron chi connectivity index (χ0n) is 19.2. The molecule has 0 saturated carbocycles. The molecule has 0 nitrogen and oxygen atoms in total. The van der Waals surface area contributed by atoms with E-state index >= 15 is 0 Å². The first-order valence-corrected chi connectivity index (χ1v) is 21.5. The molecule has 5 heteroatoms. The van der Waals surface area contributed by atoms with Gasteiger partial charge in [0.25, 0.3) is 0 Å². The Kier molecular flexibility index (Phi) is 5.44. The van der Waals surface area contributed by atoms with Gasteiger partial charge in [0.05, 0.1) is 16.1 Å². The highest BCUT2D eigenvalue weighted by Crippen LogP contribution is 2.79. The molecule has 2 unspecified atom stereocenters. The maximum atomic E-state index is 2.52. The Morgan fingerprint density at radius 1 is 0.516 bits per heavy atom. The highest BCUT2D eigenvalue weighted by atomic mass is 32.1. The molecule has 0 radical (unpaired) electrons. The van der Waals surface area contributed by atoms with Crippen molar-refractivity contribution in [3.63, 3.8) is 0 Å². The molecule has 2 aromatic carbocycles. The Morgan fingerprint density at radius 3 is 1.19 bits per heavy atom. The van der Waals surface area contributed by atoms with Crippen LogP contribution in [0.15, 0.2) is 82.7 Å². The van der Waals surface area contributed by atoms with Gasteiger partial charge in [-0.15, -0.1) is 11.3 Å². The Hall–Kier alpha value is -1.09. The molecule has 0 aliphatic carbocycles. The van der Waals surface area contributed by atoms with Gasteiger partial charge in [-0.3, -0.25) is 0 Å². The minimum atomic E-state index is -1.31. The molecule has 31 heavy (non-hydrogen) atoms. The third-order valence-electron chi connectivity index (χ3n) is 5.77. The summed E-state index contributed by atoms with van der Waals surface area (Å²) in [6.45, 7) is 15.1. The lowest BCUT2D eigenvalue weighted by Gasteiger charge is -2.13. The van der Waals surface area contributed by atoms with E-state index in [4.69, 9.17) is 0 Å². The third kappa shape index (κ3) is 4.05. The van der Waals surface area contributed by atoms with Crippen LogP contribution in [0.3, 0.4) is 0 Å². The van der Waals surface area contributed by atoms with Crippen LogP contribution in [0.25, 0.3) is 10.6 Å². The van der Waals surface area contributed by atoms with Crippen LogP contribution in [0.4, 0.5) is 0 Å². The van der Waals surface area contributed by atoms with Gasteiger partial charge in [-0.25, -0.2) is 0 Å². The average Bonchev–Trinajstić information content (AvgIpc) is 3.61. The van der Waals surface area contributed by atoms with Crippen molar-refractivity contribution < 1.29 is 0 Å². The second-order valence-corrected chi connectivity index (χ2v) is 26.5. The average molecular weight is 493 g/mol. The monoisotopic (exact) mass is 492 g/mol. The number of rotatable bonds is 6. The van der Waals surface area contributed by atoms with Crippen molar-refractivity contribution in [3.05, 3.63) is 92.4 Å². The quantitative estimate of drug-likeness (QED) is 0.239.